The molecule has 98 valence electrons. The van der Waals surface area contributed by atoms with Gasteiger partial charge in [0.1, 0.15) is 5.56 Å². The van der Waals surface area contributed by atoms with Gasteiger partial charge >= 0.3 is 11.7 Å². The van der Waals surface area contributed by atoms with Crippen molar-refractivity contribution in [2.75, 3.05) is 14.2 Å². The van der Waals surface area contributed by atoms with Gasteiger partial charge in [0.25, 0.3) is 0 Å². The van der Waals surface area contributed by atoms with Crippen LogP contribution in [0.3, 0.4) is 0 Å². The Balaban J connectivity index is 2.91. The minimum atomic E-state index is -0.675. The van der Waals surface area contributed by atoms with Crippen molar-refractivity contribution in [3.8, 4) is 5.75 Å². The first-order valence-electron chi connectivity index (χ1n) is 5.42. The standard InChI is InChI=1S/C13H11NO5/c1-18-12-10(13(15)19-2)7-8-5-3-4-6-9(8)11(12)14(16)17/h3-7H,1-2H3. The SMILES string of the molecule is COC(=O)c1cc2ccccc2c([N+](=O)[O-])c1OC. The third kappa shape index (κ3) is 2.08. The van der Waals surface area contributed by atoms with Gasteiger partial charge < -0.3 is 9.47 Å². The summed E-state index contributed by atoms with van der Waals surface area (Å²) in [5.41, 5.74) is -0.198. The molecule has 0 aliphatic heterocycles. The van der Waals surface area contributed by atoms with Crippen molar-refractivity contribution >= 4 is 22.4 Å². The van der Waals surface area contributed by atoms with Crippen molar-refractivity contribution < 1.29 is 19.2 Å². The van der Waals surface area contributed by atoms with Crippen LogP contribution in [0.4, 0.5) is 5.69 Å². The summed E-state index contributed by atoms with van der Waals surface area (Å²) in [6.07, 6.45) is 0. The molecule has 0 amide bonds. The zero-order chi connectivity index (χ0) is 14.0. The molecule has 0 spiro atoms. The number of carbonyl (C=O) groups excluding carboxylic acids is 1. The van der Waals surface area contributed by atoms with Gasteiger partial charge in [-0.25, -0.2) is 4.79 Å². The Kier molecular flexibility index (Phi) is 3.33. The summed E-state index contributed by atoms with van der Waals surface area (Å²) in [4.78, 5) is 22.4. The first-order valence-corrected chi connectivity index (χ1v) is 5.42. The number of methoxy groups -OCH3 is 2. The van der Waals surface area contributed by atoms with Crippen LogP contribution in [0.5, 0.6) is 5.75 Å². The van der Waals surface area contributed by atoms with Crippen LogP contribution in [0, 0.1) is 10.1 Å². The molecule has 0 unspecified atom stereocenters. The summed E-state index contributed by atoms with van der Waals surface area (Å²) in [5.74, 6) is -0.763. The summed E-state index contributed by atoms with van der Waals surface area (Å²) in [5, 5.41) is 12.2. The van der Waals surface area contributed by atoms with Crippen LogP contribution in [0.25, 0.3) is 10.8 Å². The van der Waals surface area contributed by atoms with Crippen LogP contribution < -0.4 is 4.74 Å². The molecular weight excluding hydrogens is 250 g/mol. The molecule has 0 atom stereocenters. The van der Waals surface area contributed by atoms with E-state index in [0.29, 0.717) is 10.8 Å². The number of ether oxygens (including phenoxy) is 2. The summed E-state index contributed by atoms with van der Waals surface area (Å²) in [6.45, 7) is 0. The smallest absolute Gasteiger partial charge is 0.341 e. The highest BCUT2D eigenvalue weighted by Gasteiger charge is 2.27. The predicted molar refractivity (Wildman–Crippen MR) is 68.5 cm³/mol. The second-order valence-corrected chi connectivity index (χ2v) is 3.78. The quantitative estimate of drug-likeness (QED) is 0.482. The first-order chi connectivity index (χ1) is 9.10. The topological polar surface area (TPSA) is 78.7 Å². The number of hydrogen-bond acceptors (Lipinski definition) is 5. The number of hydrogen-bond donors (Lipinski definition) is 0. The summed E-state index contributed by atoms with van der Waals surface area (Å²) >= 11 is 0. The van der Waals surface area contributed by atoms with Crippen LogP contribution in [0.15, 0.2) is 30.3 Å². The van der Waals surface area contributed by atoms with Gasteiger partial charge in [0.2, 0.25) is 5.75 Å². The second kappa shape index (κ2) is 4.93. The number of esters is 1. The minimum absolute atomic E-state index is 0.0374. The van der Waals surface area contributed by atoms with Crippen molar-refractivity contribution in [1.82, 2.24) is 0 Å². The van der Waals surface area contributed by atoms with Gasteiger partial charge in [0.15, 0.2) is 0 Å². The van der Waals surface area contributed by atoms with Gasteiger partial charge in [-0.3, -0.25) is 10.1 Å². The van der Waals surface area contributed by atoms with E-state index >= 15 is 0 Å². The normalized spacial score (nSPS) is 10.2. The molecule has 0 aromatic heterocycles. The molecule has 2 aromatic rings. The zero-order valence-corrected chi connectivity index (χ0v) is 10.4. The predicted octanol–water partition coefficient (Wildman–Crippen LogP) is 2.54. The van der Waals surface area contributed by atoms with Gasteiger partial charge in [-0.15, -0.1) is 0 Å². The molecule has 2 aromatic carbocycles. The zero-order valence-electron chi connectivity index (χ0n) is 10.4. The Bertz CT molecular complexity index is 665. The largest absolute Gasteiger partial charge is 0.490 e. The lowest BCUT2D eigenvalue weighted by Gasteiger charge is -2.10. The van der Waals surface area contributed by atoms with E-state index in [9.17, 15) is 14.9 Å². The number of benzene rings is 2. The monoisotopic (exact) mass is 261 g/mol. The molecule has 0 heterocycles. The molecule has 0 aliphatic carbocycles. The molecule has 0 radical (unpaired) electrons. The van der Waals surface area contributed by atoms with Gasteiger partial charge in [-0.2, -0.15) is 0 Å². The van der Waals surface area contributed by atoms with E-state index < -0.39 is 10.9 Å². The fourth-order valence-corrected chi connectivity index (χ4v) is 1.96. The van der Waals surface area contributed by atoms with E-state index in [1.807, 2.05) is 0 Å². The maximum atomic E-state index is 11.7. The molecule has 0 saturated heterocycles. The highest BCUT2D eigenvalue weighted by atomic mass is 16.6. The van der Waals surface area contributed by atoms with Gasteiger partial charge in [-0.05, 0) is 17.5 Å². The summed E-state index contributed by atoms with van der Waals surface area (Å²) in [7, 11) is 2.49. The van der Waals surface area contributed by atoms with Crippen LogP contribution >= 0.6 is 0 Å². The molecule has 0 aliphatic rings. The lowest BCUT2D eigenvalue weighted by molar-refractivity contribution is -0.384. The lowest BCUT2D eigenvalue weighted by atomic mass is 10.0. The average molecular weight is 261 g/mol. The van der Waals surface area contributed by atoms with Crippen LogP contribution in [-0.2, 0) is 4.74 Å². The lowest BCUT2D eigenvalue weighted by Crippen LogP contribution is -2.06. The van der Waals surface area contributed by atoms with Crippen molar-refractivity contribution in [2.45, 2.75) is 0 Å². The van der Waals surface area contributed by atoms with Crippen LogP contribution in [0.2, 0.25) is 0 Å². The molecule has 0 fully saturated rings. The van der Waals surface area contributed by atoms with Crippen molar-refractivity contribution in [3.63, 3.8) is 0 Å². The Morgan fingerprint density at radius 3 is 2.53 bits per heavy atom. The molecule has 2 rings (SSSR count). The van der Waals surface area contributed by atoms with E-state index in [2.05, 4.69) is 4.74 Å². The van der Waals surface area contributed by atoms with Gasteiger partial charge in [-0.1, -0.05) is 18.2 Å². The Morgan fingerprint density at radius 2 is 1.95 bits per heavy atom. The highest BCUT2D eigenvalue weighted by Crippen LogP contribution is 2.38. The fourth-order valence-electron chi connectivity index (χ4n) is 1.96. The molecule has 6 nitrogen and oxygen atoms in total. The van der Waals surface area contributed by atoms with E-state index in [4.69, 9.17) is 4.74 Å². The molecule has 6 heteroatoms. The van der Waals surface area contributed by atoms with E-state index in [1.165, 1.54) is 20.3 Å². The Hall–Kier alpha value is -2.63. The molecule has 0 N–H and O–H groups in total. The third-order valence-corrected chi connectivity index (χ3v) is 2.77. The molecular formula is C13H11NO5. The van der Waals surface area contributed by atoms with Crippen molar-refractivity contribution in [3.05, 3.63) is 46.0 Å². The molecule has 0 saturated carbocycles. The van der Waals surface area contributed by atoms with Crippen LogP contribution in [0.1, 0.15) is 10.4 Å². The second-order valence-electron chi connectivity index (χ2n) is 3.78. The Morgan fingerprint density at radius 1 is 1.26 bits per heavy atom. The number of nitro benzene ring substituents is 1. The maximum Gasteiger partial charge on any atom is 0.341 e. The fraction of sp³-hybridized carbons (Fsp3) is 0.154. The minimum Gasteiger partial charge on any atom is -0.490 e. The van der Waals surface area contributed by atoms with Crippen molar-refractivity contribution in [2.24, 2.45) is 0 Å². The number of rotatable bonds is 3. The van der Waals surface area contributed by atoms with Crippen molar-refractivity contribution in [1.29, 1.82) is 0 Å². The number of fused-ring (bicyclic) bond motifs is 1. The Labute approximate surface area is 108 Å². The third-order valence-electron chi connectivity index (χ3n) is 2.77. The average Bonchev–Trinajstić information content (AvgIpc) is 2.43. The first kappa shape index (κ1) is 12.8. The molecule has 19 heavy (non-hydrogen) atoms. The van der Waals surface area contributed by atoms with E-state index in [-0.39, 0.29) is 17.0 Å². The molecule has 0 bridgehead atoms. The highest BCUT2D eigenvalue weighted by molar-refractivity contribution is 6.04. The summed E-state index contributed by atoms with van der Waals surface area (Å²) in [6, 6.07) is 8.24. The number of nitro groups is 1. The number of carbonyl (C=O) groups is 1. The van der Waals surface area contributed by atoms with Crippen LogP contribution in [-0.4, -0.2) is 25.1 Å². The summed E-state index contributed by atoms with van der Waals surface area (Å²) < 4.78 is 9.65. The maximum absolute atomic E-state index is 11.7. The van der Waals surface area contributed by atoms with E-state index in [0.717, 1.165) is 0 Å². The van der Waals surface area contributed by atoms with Gasteiger partial charge in [0.05, 0.1) is 24.5 Å². The van der Waals surface area contributed by atoms with Gasteiger partial charge in [0, 0.05) is 0 Å². The number of nitrogens with zero attached hydrogens (tertiary/aromatic N) is 1. The van der Waals surface area contributed by atoms with E-state index in [1.54, 1.807) is 24.3 Å².